The first-order valence-electron chi connectivity index (χ1n) is 4.79. The number of carbonyl (C=O) groups excluding carboxylic acids is 2. The Morgan fingerprint density at radius 1 is 1.36 bits per heavy atom. The maximum atomic E-state index is 11.8. The number of rotatable bonds is 1. The number of hydrogen-bond acceptors (Lipinski definition) is 4. The molecule has 2 aliphatic heterocycles. The second kappa shape index (κ2) is 3.96. The topological polar surface area (TPSA) is 55.8 Å². The average Bonchev–Trinajstić information content (AvgIpc) is 2.65. The van der Waals surface area contributed by atoms with Crippen LogP contribution in [0.5, 0.6) is 0 Å². The summed E-state index contributed by atoms with van der Waals surface area (Å²) < 4.78 is 9.90. The summed E-state index contributed by atoms with van der Waals surface area (Å²) in [5.74, 6) is -0.503. The molecule has 1 atom stereocenters. The first-order valence-corrected chi connectivity index (χ1v) is 4.79. The van der Waals surface area contributed by atoms with Gasteiger partial charge in [0.25, 0.3) is 0 Å². The molecule has 0 aromatic rings. The van der Waals surface area contributed by atoms with Crippen LogP contribution in [0, 0.1) is 5.92 Å². The van der Waals surface area contributed by atoms with Gasteiger partial charge in [0.2, 0.25) is 5.91 Å². The number of hydrogen-bond donors (Lipinski definition) is 0. The van der Waals surface area contributed by atoms with Gasteiger partial charge in [0.1, 0.15) is 6.61 Å². The highest BCUT2D eigenvalue weighted by atomic mass is 16.5. The molecular formula is C9H13NO4. The van der Waals surface area contributed by atoms with Gasteiger partial charge >= 0.3 is 5.97 Å². The van der Waals surface area contributed by atoms with Gasteiger partial charge in [0.05, 0.1) is 25.6 Å². The third kappa shape index (κ3) is 1.87. The Kier molecular flexibility index (Phi) is 2.67. The van der Waals surface area contributed by atoms with E-state index in [0.717, 1.165) is 0 Å². The standard InChI is InChI=1S/C9H13NO4/c11-8-5-7(6-14-8)9(12)10-1-3-13-4-2-10/h7H,1-6H2. The predicted octanol–water partition coefficient (Wildman–Crippen LogP) is -0.592. The minimum Gasteiger partial charge on any atom is -0.465 e. The summed E-state index contributed by atoms with van der Waals surface area (Å²) in [6.45, 7) is 2.68. The summed E-state index contributed by atoms with van der Waals surface area (Å²) >= 11 is 0. The highest BCUT2D eigenvalue weighted by Crippen LogP contribution is 2.17. The Labute approximate surface area is 82.0 Å². The Morgan fingerprint density at radius 3 is 2.64 bits per heavy atom. The van der Waals surface area contributed by atoms with E-state index in [-0.39, 0.29) is 30.8 Å². The number of ether oxygens (including phenoxy) is 2. The molecule has 0 aromatic carbocycles. The fourth-order valence-corrected chi connectivity index (χ4v) is 1.71. The van der Waals surface area contributed by atoms with Crippen molar-refractivity contribution >= 4 is 11.9 Å². The lowest BCUT2D eigenvalue weighted by Gasteiger charge is -2.28. The number of carbonyl (C=O) groups is 2. The van der Waals surface area contributed by atoms with Gasteiger partial charge in [-0.1, -0.05) is 0 Å². The van der Waals surface area contributed by atoms with Crippen LogP contribution in [-0.2, 0) is 19.1 Å². The fraction of sp³-hybridized carbons (Fsp3) is 0.778. The third-order valence-electron chi connectivity index (χ3n) is 2.53. The second-order valence-electron chi connectivity index (χ2n) is 3.52. The zero-order valence-corrected chi connectivity index (χ0v) is 7.90. The normalized spacial score (nSPS) is 27.6. The number of cyclic esters (lactones) is 1. The van der Waals surface area contributed by atoms with E-state index in [4.69, 9.17) is 9.47 Å². The van der Waals surface area contributed by atoms with Gasteiger partial charge in [-0.05, 0) is 0 Å². The lowest BCUT2D eigenvalue weighted by molar-refractivity contribution is -0.139. The molecule has 2 saturated heterocycles. The molecule has 5 heteroatoms. The van der Waals surface area contributed by atoms with Crippen LogP contribution in [0.25, 0.3) is 0 Å². The molecular weight excluding hydrogens is 186 g/mol. The molecule has 0 saturated carbocycles. The molecule has 2 fully saturated rings. The van der Waals surface area contributed by atoms with Crippen molar-refractivity contribution in [2.45, 2.75) is 6.42 Å². The SMILES string of the molecule is O=C1CC(C(=O)N2CCOCC2)CO1. The minimum absolute atomic E-state index is 0.0270. The minimum atomic E-state index is -0.267. The van der Waals surface area contributed by atoms with Gasteiger partial charge in [-0.15, -0.1) is 0 Å². The van der Waals surface area contributed by atoms with Gasteiger partial charge < -0.3 is 14.4 Å². The van der Waals surface area contributed by atoms with E-state index in [9.17, 15) is 9.59 Å². The van der Waals surface area contributed by atoms with Crippen LogP contribution in [0.3, 0.4) is 0 Å². The molecule has 0 radical (unpaired) electrons. The van der Waals surface area contributed by atoms with E-state index >= 15 is 0 Å². The third-order valence-corrected chi connectivity index (χ3v) is 2.53. The van der Waals surface area contributed by atoms with Crippen molar-refractivity contribution in [3.63, 3.8) is 0 Å². The molecule has 5 nitrogen and oxygen atoms in total. The summed E-state index contributed by atoms with van der Waals surface area (Å²) in [5.41, 5.74) is 0. The molecule has 2 rings (SSSR count). The Bertz CT molecular complexity index is 247. The van der Waals surface area contributed by atoms with Crippen LogP contribution in [0.4, 0.5) is 0 Å². The highest BCUT2D eigenvalue weighted by molar-refractivity contribution is 5.86. The van der Waals surface area contributed by atoms with Gasteiger partial charge in [0.15, 0.2) is 0 Å². The van der Waals surface area contributed by atoms with Crippen molar-refractivity contribution in [2.75, 3.05) is 32.9 Å². The summed E-state index contributed by atoms with van der Waals surface area (Å²) in [6, 6.07) is 0. The summed E-state index contributed by atoms with van der Waals surface area (Å²) in [7, 11) is 0. The lowest BCUT2D eigenvalue weighted by atomic mass is 10.1. The molecule has 0 bridgehead atoms. The Balaban J connectivity index is 1.90. The van der Waals surface area contributed by atoms with Crippen molar-refractivity contribution in [1.82, 2.24) is 4.90 Å². The average molecular weight is 199 g/mol. The molecule has 1 unspecified atom stereocenters. The molecule has 0 spiro atoms. The van der Waals surface area contributed by atoms with Gasteiger partial charge in [-0.3, -0.25) is 9.59 Å². The van der Waals surface area contributed by atoms with E-state index in [2.05, 4.69) is 0 Å². The van der Waals surface area contributed by atoms with Gasteiger partial charge in [0, 0.05) is 13.1 Å². The molecule has 0 aliphatic carbocycles. The van der Waals surface area contributed by atoms with E-state index in [1.165, 1.54) is 0 Å². The van der Waals surface area contributed by atoms with Crippen LogP contribution >= 0.6 is 0 Å². The number of amides is 1. The van der Waals surface area contributed by atoms with Crippen molar-refractivity contribution in [1.29, 1.82) is 0 Å². The van der Waals surface area contributed by atoms with E-state index < -0.39 is 0 Å². The zero-order valence-electron chi connectivity index (χ0n) is 7.90. The van der Waals surface area contributed by atoms with Gasteiger partial charge in [-0.2, -0.15) is 0 Å². The summed E-state index contributed by atoms with van der Waals surface area (Å²) in [5, 5.41) is 0. The number of esters is 1. The maximum absolute atomic E-state index is 11.8. The van der Waals surface area contributed by atoms with Crippen LogP contribution in [0.15, 0.2) is 0 Å². The van der Waals surface area contributed by atoms with Crippen LogP contribution in [0.1, 0.15) is 6.42 Å². The quantitative estimate of drug-likeness (QED) is 0.529. The van der Waals surface area contributed by atoms with Crippen molar-refractivity contribution in [2.24, 2.45) is 5.92 Å². The van der Waals surface area contributed by atoms with Crippen LogP contribution in [-0.4, -0.2) is 49.7 Å². The molecule has 0 N–H and O–H groups in total. The Hall–Kier alpha value is -1.10. The predicted molar refractivity (Wildman–Crippen MR) is 46.5 cm³/mol. The van der Waals surface area contributed by atoms with E-state index in [1.807, 2.05) is 0 Å². The van der Waals surface area contributed by atoms with Crippen molar-refractivity contribution < 1.29 is 19.1 Å². The Morgan fingerprint density at radius 2 is 2.07 bits per heavy atom. The molecule has 14 heavy (non-hydrogen) atoms. The zero-order chi connectivity index (χ0) is 9.97. The number of nitrogens with zero attached hydrogens (tertiary/aromatic N) is 1. The van der Waals surface area contributed by atoms with Crippen molar-refractivity contribution in [3.05, 3.63) is 0 Å². The first-order chi connectivity index (χ1) is 6.77. The van der Waals surface area contributed by atoms with E-state index in [0.29, 0.717) is 26.3 Å². The summed E-state index contributed by atoms with van der Waals surface area (Å²) in [4.78, 5) is 24.4. The fourth-order valence-electron chi connectivity index (χ4n) is 1.71. The van der Waals surface area contributed by atoms with Crippen molar-refractivity contribution in [3.8, 4) is 0 Å². The molecule has 1 amide bonds. The lowest BCUT2D eigenvalue weighted by Crippen LogP contribution is -2.43. The molecule has 0 aromatic heterocycles. The first kappa shape index (κ1) is 9.45. The number of morpholine rings is 1. The largest absolute Gasteiger partial charge is 0.465 e. The van der Waals surface area contributed by atoms with Crippen LogP contribution in [0.2, 0.25) is 0 Å². The van der Waals surface area contributed by atoms with Crippen LogP contribution < -0.4 is 0 Å². The molecule has 2 aliphatic rings. The monoisotopic (exact) mass is 199 g/mol. The maximum Gasteiger partial charge on any atom is 0.306 e. The smallest absolute Gasteiger partial charge is 0.306 e. The van der Waals surface area contributed by atoms with E-state index in [1.54, 1.807) is 4.90 Å². The highest BCUT2D eigenvalue weighted by Gasteiger charge is 2.33. The molecule has 2 heterocycles. The molecule has 78 valence electrons. The van der Waals surface area contributed by atoms with Gasteiger partial charge in [-0.25, -0.2) is 0 Å². The second-order valence-corrected chi connectivity index (χ2v) is 3.52. The summed E-state index contributed by atoms with van der Waals surface area (Å²) in [6.07, 6.45) is 0.232.